The van der Waals surface area contributed by atoms with Gasteiger partial charge in [0, 0.05) is 25.0 Å². The van der Waals surface area contributed by atoms with Crippen LogP contribution in [0.2, 0.25) is 0 Å². The number of pyridine rings is 1. The number of rotatable bonds is 10. The minimum absolute atomic E-state index is 0.715. The topological polar surface area (TPSA) is 58.2 Å². The molecule has 23 heavy (non-hydrogen) atoms. The Balaban J connectivity index is 0.000000841. The Kier molecular flexibility index (Phi) is 12.9. The molecule has 1 heterocycles. The molecule has 0 bridgehead atoms. The molecule has 0 saturated carbocycles. The summed E-state index contributed by atoms with van der Waals surface area (Å²) in [4.78, 5) is 0. The van der Waals surface area contributed by atoms with Crippen LogP contribution in [0.4, 0.5) is 0 Å². The molecule has 0 amide bonds. The van der Waals surface area contributed by atoms with Gasteiger partial charge in [-0.1, -0.05) is 52.0 Å². The summed E-state index contributed by atoms with van der Waals surface area (Å²) in [5.41, 5.74) is 1.51. The lowest BCUT2D eigenvalue weighted by molar-refractivity contribution is -0.704. The first-order chi connectivity index (χ1) is 10.9. The van der Waals surface area contributed by atoms with Crippen molar-refractivity contribution in [3.05, 3.63) is 30.1 Å². The highest BCUT2D eigenvalue weighted by molar-refractivity contribution is 7.85. The first-order valence-corrected chi connectivity index (χ1v) is 10.6. The average Bonchev–Trinajstić information content (AvgIpc) is 2.48. The molecule has 0 fully saturated rings. The first-order valence-electron chi connectivity index (χ1n) is 8.78. The monoisotopic (exact) mass is 344 g/mol. The fraction of sp³-hybridized carbons (Fsp3) is 0.722. The lowest BCUT2D eigenvalue weighted by Crippen LogP contribution is -2.37. The van der Waals surface area contributed by atoms with E-state index in [1.54, 1.807) is 0 Å². The van der Waals surface area contributed by atoms with Gasteiger partial charge in [0.25, 0.3) is 10.1 Å². The van der Waals surface area contributed by atoms with Crippen molar-refractivity contribution in [1.82, 2.24) is 0 Å². The summed E-state index contributed by atoms with van der Waals surface area (Å²) in [6.45, 7) is 5.74. The summed E-state index contributed by atoms with van der Waals surface area (Å²) >= 11 is 0. The lowest BCUT2D eigenvalue weighted by atomic mass is 10.1. The van der Waals surface area contributed by atoms with Crippen molar-refractivity contribution in [3.8, 4) is 0 Å². The Bertz CT molecular complexity index is 493. The van der Waals surface area contributed by atoms with Crippen molar-refractivity contribution < 1.29 is 17.5 Å². The highest BCUT2D eigenvalue weighted by Gasteiger charge is 2.07. The van der Waals surface area contributed by atoms with Gasteiger partial charge in [-0.05, 0) is 12.8 Å². The molecule has 0 aromatic carbocycles. The molecule has 1 aromatic heterocycles. The van der Waals surface area contributed by atoms with Crippen LogP contribution >= 0.6 is 0 Å². The molecule has 0 radical (unpaired) electrons. The summed E-state index contributed by atoms with van der Waals surface area (Å²) in [6.07, 6.45) is 15.1. The van der Waals surface area contributed by atoms with Gasteiger partial charge in [-0.3, -0.25) is 4.55 Å². The van der Waals surface area contributed by atoms with Crippen LogP contribution < -0.4 is 4.57 Å². The quantitative estimate of drug-likeness (QED) is 0.393. The van der Waals surface area contributed by atoms with Crippen molar-refractivity contribution in [2.24, 2.45) is 0 Å². The summed E-state index contributed by atoms with van der Waals surface area (Å²) in [5.74, 6) is 0. The second-order valence-electron chi connectivity index (χ2n) is 5.99. The van der Waals surface area contributed by atoms with Crippen LogP contribution in [0.25, 0.3) is 0 Å². The number of aromatic nitrogens is 1. The Hall–Kier alpha value is -0.940. The van der Waals surface area contributed by atoms with Gasteiger partial charge in [-0.2, -0.15) is 8.42 Å². The summed E-state index contributed by atoms with van der Waals surface area (Å²) < 4.78 is 28.3. The summed E-state index contributed by atoms with van der Waals surface area (Å²) in [7, 11) is -3.67. The molecule has 0 atom stereocenters. The van der Waals surface area contributed by atoms with Gasteiger partial charge in [-0.15, -0.1) is 0 Å². The molecule has 4 nitrogen and oxygen atoms in total. The van der Waals surface area contributed by atoms with Crippen LogP contribution in [-0.2, 0) is 23.1 Å². The van der Waals surface area contributed by atoms with Gasteiger partial charge in [0.15, 0.2) is 11.9 Å². The molecular weight excluding hydrogens is 310 g/mol. The SMILES string of the molecule is CCCCCCCC[n+]1ccccc1CCCC.CS(=O)(=O)O. The van der Waals surface area contributed by atoms with Gasteiger partial charge in [-0.25, -0.2) is 4.57 Å². The van der Waals surface area contributed by atoms with Crippen LogP contribution in [0.15, 0.2) is 24.4 Å². The molecule has 0 aliphatic heterocycles. The van der Waals surface area contributed by atoms with Crippen molar-refractivity contribution in [3.63, 3.8) is 0 Å². The minimum Gasteiger partial charge on any atom is -0.286 e. The molecule has 1 rings (SSSR count). The number of aryl methyl sites for hydroxylation is 2. The van der Waals surface area contributed by atoms with E-state index in [1.807, 2.05) is 0 Å². The number of nitrogens with zero attached hydrogens (tertiary/aromatic N) is 1. The summed E-state index contributed by atoms with van der Waals surface area (Å²) in [6, 6.07) is 6.61. The Morgan fingerprint density at radius 2 is 1.52 bits per heavy atom. The van der Waals surface area contributed by atoms with Crippen molar-refractivity contribution in [1.29, 1.82) is 0 Å². The summed E-state index contributed by atoms with van der Waals surface area (Å²) in [5, 5.41) is 0. The van der Waals surface area contributed by atoms with Crippen LogP contribution in [0.3, 0.4) is 0 Å². The molecule has 0 aliphatic rings. The highest BCUT2D eigenvalue weighted by Crippen LogP contribution is 2.05. The van der Waals surface area contributed by atoms with Crippen LogP contribution in [0, 0.1) is 0 Å². The molecule has 0 saturated heterocycles. The predicted molar refractivity (Wildman–Crippen MR) is 96.1 cm³/mol. The van der Waals surface area contributed by atoms with E-state index in [2.05, 4.69) is 42.8 Å². The van der Waals surface area contributed by atoms with E-state index >= 15 is 0 Å². The predicted octanol–water partition coefficient (Wildman–Crippen LogP) is 4.18. The molecule has 134 valence electrons. The van der Waals surface area contributed by atoms with Crippen molar-refractivity contribution in [2.75, 3.05) is 6.26 Å². The third-order valence-corrected chi connectivity index (χ3v) is 3.57. The minimum atomic E-state index is -3.67. The zero-order valence-electron chi connectivity index (χ0n) is 15.0. The maximum Gasteiger partial charge on any atom is 0.261 e. The molecule has 5 heteroatoms. The largest absolute Gasteiger partial charge is 0.286 e. The zero-order valence-corrected chi connectivity index (χ0v) is 15.8. The van der Waals surface area contributed by atoms with Gasteiger partial charge in [0.05, 0.1) is 6.26 Å². The van der Waals surface area contributed by atoms with E-state index < -0.39 is 10.1 Å². The smallest absolute Gasteiger partial charge is 0.261 e. The molecule has 1 aromatic rings. The van der Waals surface area contributed by atoms with Gasteiger partial charge < -0.3 is 0 Å². The molecule has 1 N–H and O–H groups in total. The Morgan fingerprint density at radius 1 is 0.957 bits per heavy atom. The normalized spacial score (nSPS) is 11.0. The zero-order chi connectivity index (χ0) is 17.6. The van der Waals surface area contributed by atoms with E-state index in [-0.39, 0.29) is 0 Å². The van der Waals surface area contributed by atoms with Crippen LogP contribution in [0.1, 0.15) is 70.9 Å². The highest BCUT2D eigenvalue weighted by atomic mass is 32.2. The van der Waals surface area contributed by atoms with Crippen molar-refractivity contribution >= 4 is 10.1 Å². The third kappa shape index (κ3) is 15.7. The van der Waals surface area contributed by atoms with Crippen molar-refractivity contribution in [2.45, 2.75) is 78.2 Å². The maximum atomic E-state index is 9.19. The van der Waals surface area contributed by atoms with E-state index in [0.717, 1.165) is 0 Å². The Labute approximate surface area is 142 Å². The molecule has 0 aliphatic carbocycles. The molecule has 0 spiro atoms. The third-order valence-electron chi connectivity index (χ3n) is 3.57. The van der Waals surface area contributed by atoms with E-state index in [9.17, 15) is 8.42 Å². The lowest BCUT2D eigenvalue weighted by Gasteiger charge is -2.03. The first kappa shape index (κ1) is 22.1. The number of hydrogen-bond donors (Lipinski definition) is 1. The Morgan fingerprint density at radius 3 is 2.13 bits per heavy atom. The fourth-order valence-electron chi connectivity index (χ4n) is 2.38. The maximum absolute atomic E-state index is 9.19. The molecular formula is C18H34NO3S+. The van der Waals surface area contributed by atoms with E-state index in [4.69, 9.17) is 4.55 Å². The second kappa shape index (κ2) is 13.5. The standard InChI is InChI=1S/C17H30N.CH4O3S/c1-3-5-7-8-9-11-15-18-16-12-10-14-17(18)13-6-4-2;1-5(2,3)4/h10,12,14,16H,3-9,11,13,15H2,1-2H3;1H3,(H,2,3,4)/q+1;. The van der Waals surface area contributed by atoms with Crippen LogP contribution in [-0.4, -0.2) is 19.2 Å². The van der Waals surface area contributed by atoms with Crippen LogP contribution in [0.5, 0.6) is 0 Å². The van der Waals surface area contributed by atoms with E-state index in [1.165, 1.54) is 70.0 Å². The van der Waals surface area contributed by atoms with E-state index in [0.29, 0.717) is 6.26 Å². The van der Waals surface area contributed by atoms with Gasteiger partial charge >= 0.3 is 0 Å². The number of hydrogen-bond acceptors (Lipinski definition) is 2. The van der Waals surface area contributed by atoms with Gasteiger partial charge in [0.2, 0.25) is 0 Å². The number of unbranched alkanes of at least 4 members (excludes halogenated alkanes) is 6. The van der Waals surface area contributed by atoms with Gasteiger partial charge in [0.1, 0.15) is 6.54 Å². The molecule has 0 unspecified atom stereocenters. The second-order valence-corrected chi connectivity index (χ2v) is 7.46. The average molecular weight is 345 g/mol. The fourth-order valence-corrected chi connectivity index (χ4v) is 2.38.